The zero-order valence-electron chi connectivity index (χ0n) is 8.70. The highest BCUT2D eigenvalue weighted by Crippen LogP contribution is 2.35. The summed E-state index contributed by atoms with van der Waals surface area (Å²) in [7, 11) is 0. The Balaban J connectivity index is 2.51. The summed E-state index contributed by atoms with van der Waals surface area (Å²) < 4.78 is 14.1. The predicted molar refractivity (Wildman–Crippen MR) is 69.6 cm³/mol. The lowest BCUT2D eigenvalue weighted by Crippen LogP contribution is -2.03. The molecule has 1 nitrogen and oxygen atoms in total. The van der Waals surface area contributed by atoms with Crippen LogP contribution in [0.25, 0.3) is 0 Å². The average Bonchev–Trinajstić information content (AvgIpc) is 2.35. The third-order valence-electron chi connectivity index (χ3n) is 2.47. The van der Waals surface area contributed by atoms with Crippen LogP contribution in [0.2, 0.25) is 5.02 Å². The Morgan fingerprint density at radius 3 is 2.41 bits per heavy atom. The molecule has 1 N–H and O–H groups in total. The van der Waals surface area contributed by atoms with Crippen LogP contribution in [-0.2, 0) is 0 Å². The molecule has 0 fully saturated rings. The minimum atomic E-state index is -1.04. The largest absolute Gasteiger partial charge is 0.384 e. The van der Waals surface area contributed by atoms with E-state index < -0.39 is 11.9 Å². The van der Waals surface area contributed by atoms with Crippen molar-refractivity contribution in [3.05, 3.63) is 68.9 Å². The standard InChI is InChI=1S/C13H9BrClFO/c14-12-9(15)6-7-10(16)11(12)13(17)8-4-2-1-3-5-8/h1-7,13,17H. The van der Waals surface area contributed by atoms with Gasteiger partial charge in [-0.05, 0) is 33.6 Å². The molecule has 4 heteroatoms. The fourth-order valence-corrected chi connectivity index (χ4v) is 2.30. The van der Waals surface area contributed by atoms with E-state index >= 15 is 0 Å². The topological polar surface area (TPSA) is 20.2 Å². The van der Waals surface area contributed by atoms with Gasteiger partial charge in [-0.2, -0.15) is 0 Å². The zero-order valence-corrected chi connectivity index (χ0v) is 11.0. The molecule has 2 rings (SSSR count). The third kappa shape index (κ3) is 2.51. The zero-order chi connectivity index (χ0) is 12.4. The maximum absolute atomic E-state index is 13.7. The van der Waals surface area contributed by atoms with Crippen LogP contribution < -0.4 is 0 Å². The minimum Gasteiger partial charge on any atom is -0.384 e. The molecule has 1 atom stereocenters. The van der Waals surface area contributed by atoms with Gasteiger partial charge in [-0.1, -0.05) is 41.9 Å². The molecule has 2 aromatic rings. The summed E-state index contributed by atoms with van der Waals surface area (Å²) in [4.78, 5) is 0. The smallest absolute Gasteiger partial charge is 0.130 e. The van der Waals surface area contributed by atoms with Gasteiger partial charge in [0.15, 0.2) is 0 Å². The van der Waals surface area contributed by atoms with Crippen LogP contribution >= 0.6 is 27.5 Å². The number of aliphatic hydroxyl groups excluding tert-OH is 1. The van der Waals surface area contributed by atoms with Gasteiger partial charge in [-0.25, -0.2) is 4.39 Å². The Bertz CT molecular complexity index is 530. The number of benzene rings is 2. The van der Waals surface area contributed by atoms with Crippen LogP contribution in [0.4, 0.5) is 4.39 Å². The van der Waals surface area contributed by atoms with Crippen LogP contribution in [0.5, 0.6) is 0 Å². The van der Waals surface area contributed by atoms with E-state index in [0.717, 1.165) is 0 Å². The maximum Gasteiger partial charge on any atom is 0.130 e. The molecule has 0 saturated carbocycles. The predicted octanol–water partition coefficient (Wildman–Crippen LogP) is 4.32. The van der Waals surface area contributed by atoms with E-state index in [0.29, 0.717) is 15.1 Å². The minimum absolute atomic E-state index is 0.156. The van der Waals surface area contributed by atoms with E-state index in [2.05, 4.69) is 15.9 Å². The van der Waals surface area contributed by atoms with Crippen LogP contribution in [0, 0.1) is 5.82 Å². The van der Waals surface area contributed by atoms with Crippen LogP contribution in [0.1, 0.15) is 17.2 Å². The normalized spacial score (nSPS) is 12.5. The summed E-state index contributed by atoms with van der Waals surface area (Å²) in [6.07, 6.45) is -1.04. The Morgan fingerprint density at radius 1 is 1.12 bits per heavy atom. The van der Waals surface area contributed by atoms with Gasteiger partial charge in [0.2, 0.25) is 0 Å². The highest BCUT2D eigenvalue weighted by atomic mass is 79.9. The molecule has 0 saturated heterocycles. The summed E-state index contributed by atoms with van der Waals surface area (Å²) in [5.41, 5.74) is 0.776. The summed E-state index contributed by atoms with van der Waals surface area (Å²) in [5, 5.41) is 10.5. The quantitative estimate of drug-likeness (QED) is 0.818. The summed E-state index contributed by atoms with van der Waals surface area (Å²) in [6, 6.07) is 11.6. The van der Waals surface area contributed by atoms with Crippen molar-refractivity contribution in [3.8, 4) is 0 Å². The van der Waals surface area contributed by atoms with Crippen molar-refractivity contribution >= 4 is 27.5 Å². The first kappa shape index (κ1) is 12.6. The van der Waals surface area contributed by atoms with E-state index in [1.807, 2.05) is 6.07 Å². The fourth-order valence-electron chi connectivity index (χ4n) is 1.60. The number of halogens is 3. The van der Waals surface area contributed by atoms with Gasteiger partial charge in [-0.15, -0.1) is 0 Å². The van der Waals surface area contributed by atoms with E-state index in [-0.39, 0.29) is 5.56 Å². The van der Waals surface area contributed by atoms with Crippen molar-refractivity contribution < 1.29 is 9.50 Å². The van der Waals surface area contributed by atoms with Gasteiger partial charge >= 0.3 is 0 Å². The average molecular weight is 316 g/mol. The second-order valence-corrected chi connectivity index (χ2v) is 4.77. The van der Waals surface area contributed by atoms with Gasteiger partial charge in [0, 0.05) is 10.0 Å². The SMILES string of the molecule is OC(c1ccccc1)c1c(F)ccc(Cl)c1Br. The van der Waals surface area contributed by atoms with Gasteiger partial charge in [0.1, 0.15) is 11.9 Å². The lowest BCUT2D eigenvalue weighted by molar-refractivity contribution is 0.214. The summed E-state index contributed by atoms with van der Waals surface area (Å²) in [6.45, 7) is 0. The van der Waals surface area contributed by atoms with Gasteiger partial charge in [0.25, 0.3) is 0 Å². The second kappa shape index (κ2) is 5.17. The van der Waals surface area contributed by atoms with Crippen LogP contribution in [0.3, 0.4) is 0 Å². The molecule has 0 aliphatic rings. The lowest BCUT2D eigenvalue weighted by Gasteiger charge is -2.15. The first-order chi connectivity index (χ1) is 8.11. The molecule has 0 aliphatic heterocycles. The number of hydrogen-bond acceptors (Lipinski definition) is 1. The molecule has 0 amide bonds. The van der Waals surface area contributed by atoms with Gasteiger partial charge in [-0.3, -0.25) is 0 Å². The molecular weight excluding hydrogens is 306 g/mol. The van der Waals surface area contributed by atoms with Crippen molar-refractivity contribution in [2.75, 3.05) is 0 Å². The van der Waals surface area contributed by atoms with Crippen molar-refractivity contribution in [1.82, 2.24) is 0 Å². The van der Waals surface area contributed by atoms with Gasteiger partial charge < -0.3 is 5.11 Å². The van der Waals surface area contributed by atoms with Crippen molar-refractivity contribution in [2.24, 2.45) is 0 Å². The van der Waals surface area contributed by atoms with E-state index in [4.69, 9.17) is 11.6 Å². The van der Waals surface area contributed by atoms with Crippen molar-refractivity contribution in [3.63, 3.8) is 0 Å². The molecular formula is C13H9BrClFO. The number of aliphatic hydroxyl groups is 1. The monoisotopic (exact) mass is 314 g/mol. The molecule has 0 radical (unpaired) electrons. The third-order valence-corrected chi connectivity index (χ3v) is 3.87. The van der Waals surface area contributed by atoms with Crippen molar-refractivity contribution in [2.45, 2.75) is 6.10 Å². The highest BCUT2D eigenvalue weighted by molar-refractivity contribution is 9.10. The Kier molecular flexibility index (Phi) is 3.82. The Morgan fingerprint density at radius 2 is 1.76 bits per heavy atom. The molecule has 0 aliphatic carbocycles. The number of rotatable bonds is 2. The van der Waals surface area contributed by atoms with Crippen molar-refractivity contribution in [1.29, 1.82) is 0 Å². The first-order valence-electron chi connectivity index (χ1n) is 4.97. The molecule has 0 heterocycles. The van der Waals surface area contributed by atoms with E-state index in [1.54, 1.807) is 24.3 Å². The number of hydrogen-bond donors (Lipinski definition) is 1. The highest BCUT2D eigenvalue weighted by Gasteiger charge is 2.19. The second-order valence-electron chi connectivity index (χ2n) is 3.57. The molecule has 88 valence electrons. The van der Waals surface area contributed by atoms with E-state index in [1.165, 1.54) is 12.1 Å². The van der Waals surface area contributed by atoms with Crippen LogP contribution in [0.15, 0.2) is 46.9 Å². The summed E-state index contributed by atoms with van der Waals surface area (Å²) >= 11 is 9.09. The Labute approximate surface area is 112 Å². The van der Waals surface area contributed by atoms with Gasteiger partial charge in [0.05, 0.1) is 5.02 Å². The fraction of sp³-hybridized carbons (Fsp3) is 0.0769. The molecule has 1 unspecified atom stereocenters. The molecule has 0 aromatic heterocycles. The maximum atomic E-state index is 13.7. The van der Waals surface area contributed by atoms with E-state index in [9.17, 15) is 9.50 Å². The Hall–Kier alpha value is -0.900. The molecule has 2 aromatic carbocycles. The molecule has 17 heavy (non-hydrogen) atoms. The molecule has 0 spiro atoms. The summed E-state index contributed by atoms with van der Waals surface area (Å²) in [5.74, 6) is -0.488. The molecule has 0 bridgehead atoms. The van der Waals surface area contributed by atoms with Crippen LogP contribution in [-0.4, -0.2) is 5.11 Å². The first-order valence-corrected chi connectivity index (χ1v) is 6.14. The lowest BCUT2D eigenvalue weighted by atomic mass is 10.0.